The first kappa shape index (κ1) is 17.8. The number of hydrogen-bond acceptors (Lipinski definition) is 5. The zero-order valence-electron chi connectivity index (χ0n) is 14.6. The molecule has 136 valence electrons. The minimum atomic E-state index is -0.568. The van der Waals surface area contributed by atoms with Gasteiger partial charge in [-0.3, -0.25) is 4.79 Å². The number of nitrogens with zero attached hydrogens (tertiary/aromatic N) is 1. The van der Waals surface area contributed by atoms with Gasteiger partial charge < -0.3 is 19.5 Å². The lowest BCUT2D eigenvalue weighted by molar-refractivity contribution is -0.153. The van der Waals surface area contributed by atoms with Crippen molar-refractivity contribution in [3.63, 3.8) is 0 Å². The highest BCUT2D eigenvalue weighted by molar-refractivity contribution is 5.88. The molecule has 1 heterocycles. The van der Waals surface area contributed by atoms with Crippen LogP contribution in [0.3, 0.4) is 0 Å². The first-order valence-corrected chi connectivity index (χ1v) is 8.44. The molecule has 1 N–H and O–H groups in total. The van der Waals surface area contributed by atoms with Gasteiger partial charge in [0.25, 0.3) is 0 Å². The maximum atomic E-state index is 12.4. The minimum absolute atomic E-state index is 0.0487. The van der Waals surface area contributed by atoms with E-state index in [2.05, 4.69) is 0 Å². The van der Waals surface area contributed by atoms with E-state index >= 15 is 0 Å². The molecule has 6 nitrogen and oxygen atoms in total. The van der Waals surface area contributed by atoms with Gasteiger partial charge in [-0.2, -0.15) is 0 Å². The van der Waals surface area contributed by atoms with Gasteiger partial charge in [0.15, 0.2) is 0 Å². The predicted molar refractivity (Wildman–Crippen MR) is 94.5 cm³/mol. The van der Waals surface area contributed by atoms with Gasteiger partial charge in [-0.25, -0.2) is 4.79 Å². The molecule has 0 radical (unpaired) electrons. The summed E-state index contributed by atoms with van der Waals surface area (Å²) in [5.74, 6) is 0.448. The highest BCUT2D eigenvalue weighted by atomic mass is 16.5. The Morgan fingerprint density at radius 1 is 1.12 bits per heavy atom. The number of esters is 1. The molecule has 3 rings (SSSR count). The summed E-state index contributed by atoms with van der Waals surface area (Å²) in [7, 11) is 1.60. The van der Waals surface area contributed by atoms with Gasteiger partial charge in [-0.1, -0.05) is 24.3 Å². The standard InChI is InChI=1S/C20H21NO5/c1-25-17-8-4-14(5-9-17)12-21-18(10-11-19(21)23)20(24)26-13-15-2-6-16(22)7-3-15/h2-9,18,22H,10-13H2,1H3/t18-/m0/s1. The predicted octanol–water partition coefficient (Wildman–Crippen LogP) is 2.64. The average molecular weight is 355 g/mol. The number of carbonyl (C=O) groups excluding carboxylic acids is 2. The zero-order valence-corrected chi connectivity index (χ0v) is 14.6. The molecular weight excluding hydrogens is 334 g/mol. The number of phenolic OH excluding ortho intramolecular Hbond substituents is 1. The van der Waals surface area contributed by atoms with Gasteiger partial charge in [0, 0.05) is 13.0 Å². The third kappa shape index (κ3) is 4.14. The Kier molecular flexibility index (Phi) is 5.41. The topological polar surface area (TPSA) is 76.1 Å². The van der Waals surface area contributed by atoms with Crippen LogP contribution in [0.2, 0.25) is 0 Å². The number of methoxy groups -OCH3 is 1. The molecule has 1 fully saturated rings. The van der Waals surface area contributed by atoms with Crippen molar-refractivity contribution in [2.24, 2.45) is 0 Å². The summed E-state index contributed by atoms with van der Waals surface area (Å²) in [5.41, 5.74) is 1.71. The largest absolute Gasteiger partial charge is 0.508 e. The second-order valence-corrected chi connectivity index (χ2v) is 6.20. The van der Waals surface area contributed by atoms with Crippen molar-refractivity contribution in [3.8, 4) is 11.5 Å². The Morgan fingerprint density at radius 2 is 1.77 bits per heavy atom. The Bertz CT molecular complexity index is 770. The molecule has 2 aromatic rings. The molecule has 1 atom stereocenters. The summed E-state index contributed by atoms with van der Waals surface area (Å²) in [6.07, 6.45) is 0.804. The number of hydrogen-bond donors (Lipinski definition) is 1. The monoisotopic (exact) mass is 355 g/mol. The normalized spacial score (nSPS) is 16.6. The van der Waals surface area contributed by atoms with Crippen LogP contribution >= 0.6 is 0 Å². The molecule has 0 bridgehead atoms. The van der Waals surface area contributed by atoms with Crippen molar-refractivity contribution in [1.82, 2.24) is 4.90 Å². The molecule has 0 aliphatic carbocycles. The van der Waals surface area contributed by atoms with E-state index in [1.54, 1.807) is 24.1 Å². The van der Waals surface area contributed by atoms with Gasteiger partial charge in [-0.15, -0.1) is 0 Å². The van der Waals surface area contributed by atoms with Crippen molar-refractivity contribution in [3.05, 3.63) is 59.7 Å². The third-order valence-electron chi connectivity index (χ3n) is 4.43. The van der Waals surface area contributed by atoms with E-state index < -0.39 is 12.0 Å². The highest BCUT2D eigenvalue weighted by Gasteiger charge is 2.37. The van der Waals surface area contributed by atoms with Crippen LogP contribution in [0.25, 0.3) is 0 Å². The maximum absolute atomic E-state index is 12.4. The van der Waals surface area contributed by atoms with E-state index in [1.165, 1.54) is 12.1 Å². The molecule has 0 spiro atoms. The van der Waals surface area contributed by atoms with Crippen LogP contribution in [0.1, 0.15) is 24.0 Å². The van der Waals surface area contributed by atoms with Gasteiger partial charge >= 0.3 is 5.97 Å². The van der Waals surface area contributed by atoms with E-state index in [0.717, 1.165) is 16.9 Å². The Morgan fingerprint density at radius 3 is 2.42 bits per heavy atom. The molecule has 26 heavy (non-hydrogen) atoms. The molecule has 1 aliphatic heterocycles. The number of benzene rings is 2. The number of rotatable bonds is 6. The van der Waals surface area contributed by atoms with Crippen LogP contribution in [-0.2, 0) is 27.5 Å². The summed E-state index contributed by atoms with van der Waals surface area (Å²) in [6, 6.07) is 13.3. The van der Waals surface area contributed by atoms with Gasteiger partial charge in [-0.05, 0) is 41.8 Å². The first-order valence-electron chi connectivity index (χ1n) is 8.44. The maximum Gasteiger partial charge on any atom is 0.329 e. The summed E-state index contributed by atoms with van der Waals surface area (Å²) >= 11 is 0. The second-order valence-electron chi connectivity index (χ2n) is 6.20. The van der Waals surface area contributed by atoms with Crippen LogP contribution in [0, 0.1) is 0 Å². The number of likely N-dealkylation sites (tertiary alicyclic amines) is 1. The molecule has 1 amide bonds. The molecule has 0 aromatic heterocycles. The fourth-order valence-corrected chi connectivity index (χ4v) is 2.95. The Balaban J connectivity index is 1.62. The second kappa shape index (κ2) is 7.91. The summed E-state index contributed by atoms with van der Waals surface area (Å²) < 4.78 is 10.5. The summed E-state index contributed by atoms with van der Waals surface area (Å²) in [4.78, 5) is 26.2. The van der Waals surface area contributed by atoms with E-state index in [9.17, 15) is 14.7 Å². The van der Waals surface area contributed by atoms with Crippen molar-refractivity contribution >= 4 is 11.9 Å². The number of aromatic hydroxyl groups is 1. The Hall–Kier alpha value is -3.02. The number of ether oxygens (including phenoxy) is 2. The molecule has 1 saturated heterocycles. The van der Waals surface area contributed by atoms with Crippen LogP contribution < -0.4 is 4.74 Å². The molecule has 6 heteroatoms. The molecule has 2 aromatic carbocycles. The van der Waals surface area contributed by atoms with E-state index in [-0.39, 0.29) is 18.3 Å². The van der Waals surface area contributed by atoms with Gasteiger partial charge in [0.1, 0.15) is 24.1 Å². The van der Waals surface area contributed by atoms with E-state index in [1.807, 2.05) is 24.3 Å². The zero-order chi connectivity index (χ0) is 18.5. The number of carbonyl (C=O) groups is 2. The Labute approximate surface area is 152 Å². The third-order valence-corrected chi connectivity index (χ3v) is 4.43. The molecule has 1 aliphatic rings. The fraction of sp³-hybridized carbons (Fsp3) is 0.300. The van der Waals surface area contributed by atoms with Crippen LogP contribution in [0.4, 0.5) is 0 Å². The molecule has 0 saturated carbocycles. The summed E-state index contributed by atoms with van der Waals surface area (Å²) in [6.45, 7) is 0.474. The van der Waals surface area contributed by atoms with Crippen molar-refractivity contribution in [2.75, 3.05) is 7.11 Å². The SMILES string of the molecule is COc1ccc(CN2C(=O)CC[C@H]2C(=O)OCc2ccc(O)cc2)cc1. The van der Waals surface area contributed by atoms with Crippen molar-refractivity contribution in [1.29, 1.82) is 0 Å². The van der Waals surface area contributed by atoms with Crippen molar-refractivity contribution < 1.29 is 24.2 Å². The van der Waals surface area contributed by atoms with Gasteiger partial charge in [0.05, 0.1) is 7.11 Å². The molecule has 0 unspecified atom stereocenters. The lowest BCUT2D eigenvalue weighted by Crippen LogP contribution is -2.39. The van der Waals surface area contributed by atoms with E-state index in [0.29, 0.717) is 19.4 Å². The molecular formula is C20H21NO5. The first-order chi connectivity index (χ1) is 12.6. The number of phenols is 1. The highest BCUT2D eigenvalue weighted by Crippen LogP contribution is 2.24. The average Bonchev–Trinajstić information content (AvgIpc) is 3.02. The minimum Gasteiger partial charge on any atom is -0.508 e. The lowest BCUT2D eigenvalue weighted by atomic mass is 10.1. The quantitative estimate of drug-likeness (QED) is 0.806. The van der Waals surface area contributed by atoms with E-state index in [4.69, 9.17) is 9.47 Å². The summed E-state index contributed by atoms with van der Waals surface area (Å²) in [5, 5.41) is 9.28. The van der Waals surface area contributed by atoms with Crippen molar-refractivity contribution in [2.45, 2.75) is 32.0 Å². The smallest absolute Gasteiger partial charge is 0.329 e. The van der Waals surface area contributed by atoms with Crippen LogP contribution in [0.15, 0.2) is 48.5 Å². The fourth-order valence-electron chi connectivity index (χ4n) is 2.95. The van der Waals surface area contributed by atoms with Crippen LogP contribution in [0.5, 0.6) is 11.5 Å². The lowest BCUT2D eigenvalue weighted by Gasteiger charge is -2.23. The number of amides is 1. The van der Waals surface area contributed by atoms with Crippen LogP contribution in [-0.4, -0.2) is 35.0 Å². The van der Waals surface area contributed by atoms with Gasteiger partial charge in [0.2, 0.25) is 5.91 Å².